The molecule has 0 unspecified atom stereocenters. The van der Waals surface area contributed by atoms with Gasteiger partial charge in [0, 0.05) is 20.2 Å². The lowest BCUT2D eigenvalue weighted by molar-refractivity contribution is 0.112. The van der Waals surface area contributed by atoms with Crippen LogP contribution in [0.1, 0.15) is 42.7 Å². The topological polar surface area (TPSA) is 17.1 Å². The molecule has 0 spiro atoms. The first-order valence-corrected chi connectivity index (χ1v) is 13.5. The van der Waals surface area contributed by atoms with Gasteiger partial charge in [-0.1, -0.05) is 91.0 Å². The van der Waals surface area contributed by atoms with Crippen molar-refractivity contribution >= 4 is 71.2 Å². The van der Waals surface area contributed by atoms with E-state index in [2.05, 4.69) is 103 Å². The highest BCUT2D eigenvalue weighted by molar-refractivity contribution is 7.39. The Morgan fingerprint density at radius 3 is 1.68 bits per heavy atom. The summed E-state index contributed by atoms with van der Waals surface area (Å²) in [6, 6.07) is 34.5. The third-order valence-corrected chi connectivity index (χ3v) is 9.62. The molecule has 3 aromatic carbocycles. The highest BCUT2D eigenvalue weighted by atomic mass is 32.1. The Bertz CT molecular complexity index is 1560. The van der Waals surface area contributed by atoms with Gasteiger partial charge >= 0.3 is 0 Å². The van der Waals surface area contributed by atoms with E-state index in [9.17, 15) is 4.79 Å². The summed E-state index contributed by atoms with van der Waals surface area (Å²) < 4.78 is 5.05. The van der Waals surface area contributed by atoms with Crippen LogP contribution in [-0.4, -0.2) is 6.29 Å². The number of hydrogen-bond donors (Lipinski definition) is 0. The lowest BCUT2D eigenvalue weighted by Gasteiger charge is -2.19. The van der Waals surface area contributed by atoms with Crippen molar-refractivity contribution in [3.63, 3.8) is 0 Å². The van der Waals surface area contributed by atoms with Crippen LogP contribution in [0.5, 0.6) is 0 Å². The fourth-order valence-corrected chi connectivity index (χ4v) is 8.12. The van der Waals surface area contributed by atoms with Gasteiger partial charge in [-0.05, 0) is 40.5 Å². The Balaban J connectivity index is 1.28. The number of thiophene rings is 3. The molecule has 0 fully saturated rings. The quantitative estimate of drug-likeness (QED) is 0.167. The van der Waals surface area contributed by atoms with Crippen LogP contribution >= 0.6 is 34.0 Å². The maximum absolute atomic E-state index is 11.1. The molecule has 3 heterocycles. The van der Waals surface area contributed by atoms with Gasteiger partial charge in [0.15, 0.2) is 6.29 Å². The van der Waals surface area contributed by atoms with E-state index in [-0.39, 0.29) is 5.92 Å². The molecule has 0 saturated carbocycles. The van der Waals surface area contributed by atoms with Crippen LogP contribution in [0.3, 0.4) is 0 Å². The predicted octanol–water partition coefficient (Wildman–Crippen LogP) is 9.34. The molecular weight excluding hydrogens is 473 g/mol. The Hall–Kier alpha value is -3.31. The van der Waals surface area contributed by atoms with Gasteiger partial charge in [0.1, 0.15) is 0 Å². The summed E-state index contributed by atoms with van der Waals surface area (Å²) in [7, 11) is 0. The molecule has 164 valence electrons. The standard InChI is InChI=1S/C30H20OS3/c31-19-25-18-27-30(33-25)29-26(34-27)17-24(32-29)16-13-20-11-14-23(15-12-20)28(21-7-3-1-4-8-21)22-9-5-2-6-10-22/h1-19,28H/b16-13+. The molecule has 0 amide bonds. The first kappa shape index (κ1) is 21.2. The molecule has 6 rings (SSSR count). The zero-order valence-corrected chi connectivity index (χ0v) is 20.6. The normalized spacial score (nSPS) is 11.8. The van der Waals surface area contributed by atoms with Gasteiger partial charge in [-0.2, -0.15) is 0 Å². The van der Waals surface area contributed by atoms with Gasteiger partial charge in [-0.3, -0.25) is 4.79 Å². The summed E-state index contributed by atoms with van der Waals surface area (Å²) in [6.45, 7) is 0. The van der Waals surface area contributed by atoms with E-state index < -0.39 is 0 Å². The summed E-state index contributed by atoms with van der Waals surface area (Å²) in [6.07, 6.45) is 5.32. The average molecular weight is 493 g/mol. The van der Waals surface area contributed by atoms with Crippen molar-refractivity contribution in [3.05, 3.63) is 129 Å². The Morgan fingerprint density at radius 2 is 1.09 bits per heavy atom. The van der Waals surface area contributed by atoms with Crippen molar-refractivity contribution in [2.24, 2.45) is 0 Å². The Kier molecular flexibility index (Phi) is 5.71. The lowest BCUT2D eigenvalue weighted by Crippen LogP contribution is -2.03. The van der Waals surface area contributed by atoms with Gasteiger partial charge in [-0.25, -0.2) is 0 Å². The SMILES string of the molecule is O=Cc1cc2sc3cc(/C=C/c4ccc(C(c5ccccc5)c5ccccc5)cc4)sc3c2s1. The van der Waals surface area contributed by atoms with E-state index in [1.807, 2.05) is 6.07 Å². The molecule has 0 aliphatic rings. The molecular formula is C30H20OS3. The van der Waals surface area contributed by atoms with E-state index in [4.69, 9.17) is 0 Å². The Morgan fingerprint density at radius 1 is 0.559 bits per heavy atom. The summed E-state index contributed by atoms with van der Waals surface area (Å²) >= 11 is 5.16. The zero-order chi connectivity index (χ0) is 22.9. The van der Waals surface area contributed by atoms with Gasteiger partial charge in [0.05, 0.1) is 14.3 Å². The summed E-state index contributed by atoms with van der Waals surface area (Å²) in [5, 5.41) is 0. The number of rotatable bonds is 6. The third-order valence-electron chi connectivity index (χ3n) is 5.95. The first-order valence-electron chi connectivity index (χ1n) is 11.1. The molecule has 0 radical (unpaired) electrons. The third kappa shape index (κ3) is 4.05. The van der Waals surface area contributed by atoms with Crippen molar-refractivity contribution in [1.82, 2.24) is 0 Å². The second kappa shape index (κ2) is 9.15. The summed E-state index contributed by atoms with van der Waals surface area (Å²) in [4.78, 5) is 13.1. The minimum absolute atomic E-state index is 0.217. The van der Waals surface area contributed by atoms with Crippen molar-refractivity contribution in [1.29, 1.82) is 0 Å². The molecule has 0 N–H and O–H groups in total. The summed E-state index contributed by atoms with van der Waals surface area (Å²) in [5.74, 6) is 0.217. The lowest BCUT2D eigenvalue weighted by atomic mass is 9.85. The molecule has 0 aliphatic heterocycles. The van der Waals surface area contributed by atoms with Crippen molar-refractivity contribution in [2.75, 3.05) is 0 Å². The summed E-state index contributed by atoms with van der Waals surface area (Å²) in [5.41, 5.74) is 5.07. The van der Waals surface area contributed by atoms with Crippen LogP contribution in [0.4, 0.5) is 0 Å². The maximum atomic E-state index is 11.1. The van der Waals surface area contributed by atoms with Crippen LogP contribution < -0.4 is 0 Å². The fourth-order valence-electron chi connectivity index (χ4n) is 4.36. The highest BCUT2D eigenvalue weighted by Gasteiger charge is 2.16. The number of carbonyl (C=O) groups is 1. The van der Waals surface area contributed by atoms with Gasteiger partial charge in [0.25, 0.3) is 0 Å². The molecule has 3 aromatic heterocycles. The predicted molar refractivity (Wildman–Crippen MR) is 150 cm³/mol. The van der Waals surface area contributed by atoms with E-state index in [1.54, 1.807) is 34.0 Å². The molecule has 0 saturated heterocycles. The first-order chi connectivity index (χ1) is 16.8. The molecule has 6 aromatic rings. The molecule has 4 heteroatoms. The largest absolute Gasteiger partial charge is 0.297 e. The molecule has 1 nitrogen and oxygen atoms in total. The van der Waals surface area contributed by atoms with Gasteiger partial charge in [0.2, 0.25) is 0 Å². The monoisotopic (exact) mass is 492 g/mol. The average Bonchev–Trinajstić information content (AvgIpc) is 3.55. The van der Waals surface area contributed by atoms with E-state index >= 15 is 0 Å². The number of aldehydes is 1. The van der Waals surface area contributed by atoms with Crippen molar-refractivity contribution in [3.8, 4) is 0 Å². The smallest absolute Gasteiger partial charge is 0.160 e. The molecule has 0 bridgehead atoms. The minimum Gasteiger partial charge on any atom is -0.297 e. The maximum Gasteiger partial charge on any atom is 0.160 e. The molecule has 0 aliphatic carbocycles. The zero-order valence-electron chi connectivity index (χ0n) is 18.2. The van der Waals surface area contributed by atoms with Crippen LogP contribution in [0.15, 0.2) is 97.1 Å². The van der Waals surface area contributed by atoms with Crippen molar-refractivity contribution < 1.29 is 4.79 Å². The number of fused-ring (bicyclic) bond motifs is 3. The van der Waals surface area contributed by atoms with Crippen LogP contribution in [0.2, 0.25) is 0 Å². The minimum atomic E-state index is 0.217. The molecule has 34 heavy (non-hydrogen) atoms. The number of hydrogen-bond acceptors (Lipinski definition) is 4. The van der Waals surface area contributed by atoms with Gasteiger partial charge in [-0.15, -0.1) is 34.0 Å². The van der Waals surface area contributed by atoms with Crippen LogP contribution in [-0.2, 0) is 0 Å². The van der Waals surface area contributed by atoms with E-state index in [0.29, 0.717) is 0 Å². The van der Waals surface area contributed by atoms with Crippen LogP contribution in [0, 0.1) is 0 Å². The van der Waals surface area contributed by atoms with Crippen molar-refractivity contribution in [2.45, 2.75) is 5.92 Å². The van der Waals surface area contributed by atoms with E-state index in [0.717, 1.165) is 11.2 Å². The second-order valence-electron chi connectivity index (χ2n) is 8.16. The number of carbonyl (C=O) groups excluding carboxylic acids is 1. The number of benzene rings is 3. The van der Waals surface area contributed by atoms with Crippen LogP contribution in [0.25, 0.3) is 31.0 Å². The fraction of sp³-hybridized carbons (Fsp3) is 0.0333. The second-order valence-corrected chi connectivity index (χ2v) is 11.4. The molecule has 0 atom stereocenters. The van der Waals surface area contributed by atoms with E-state index in [1.165, 1.54) is 45.9 Å². The highest BCUT2D eigenvalue weighted by Crippen LogP contribution is 2.43. The Labute approximate surface area is 210 Å². The van der Waals surface area contributed by atoms with Gasteiger partial charge < -0.3 is 0 Å².